The molecule has 7 heteroatoms. The number of carbonyl (C=O) groups excluding carboxylic acids is 2. The third-order valence-electron chi connectivity index (χ3n) is 2.19. The minimum atomic E-state index is -0.993. The predicted octanol–water partition coefficient (Wildman–Crippen LogP) is 1.14. The van der Waals surface area contributed by atoms with Crippen LogP contribution in [0, 0.1) is 21.4 Å². The molecule has 1 aromatic carbocycles. The van der Waals surface area contributed by atoms with E-state index in [1.807, 2.05) is 0 Å². The Kier molecular flexibility index (Phi) is 4.71. The van der Waals surface area contributed by atoms with E-state index in [-0.39, 0.29) is 29.8 Å². The molecule has 7 nitrogen and oxygen atoms in total. The summed E-state index contributed by atoms with van der Waals surface area (Å²) in [5.74, 6) is -1.81. The van der Waals surface area contributed by atoms with E-state index in [0.717, 1.165) is 12.1 Å². The Hall–Kier alpha value is -2.75. The van der Waals surface area contributed by atoms with Gasteiger partial charge in [-0.05, 0) is 18.6 Å². The highest BCUT2D eigenvalue weighted by molar-refractivity contribution is 6.34. The molecule has 0 aromatic heterocycles. The average Bonchev–Trinajstić information content (AvgIpc) is 2.38. The second kappa shape index (κ2) is 6.26. The van der Waals surface area contributed by atoms with E-state index in [1.54, 1.807) is 13.0 Å². The number of hydrogen-bond acceptors (Lipinski definition) is 6. The summed E-state index contributed by atoms with van der Waals surface area (Å²) in [6, 6.07) is 5.33. The van der Waals surface area contributed by atoms with Gasteiger partial charge in [-0.25, -0.2) is 4.79 Å². The Bertz CT molecular complexity index is 574. The van der Waals surface area contributed by atoms with Crippen molar-refractivity contribution in [2.24, 2.45) is 0 Å². The molecule has 1 aromatic rings. The standard InChI is InChI=1S/C12H10N2O5/c1-2-19-12(16)11(15)6-8-3-9(7-13)5-10(4-8)14(17)18/h3-5H,2,6H2,1H3. The van der Waals surface area contributed by atoms with Gasteiger partial charge in [-0.15, -0.1) is 0 Å². The van der Waals surface area contributed by atoms with E-state index in [9.17, 15) is 19.7 Å². The van der Waals surface area contributed by atoms with Gasteiger partial charge in [-0.3, -0.25) is 14.9 Å². The molecule has 0 aliphatic rings. The van der Waals surface area contributed by atoms with Crippen LogP contribution in [0.1, 0.15) is 18.1 Å². The van der Waals surface area contributed by atoms with Gasteiger partial charge in [0, 0.05) is 18.6 Å². The number of carbonyl (C=O) groups is 2. The Balaban J connectivity index is 2.98. The number of Topliss-reactive ketones (excluding diaryl/α,β-unsaturated/α-hetero) is 1. The molecule has 0 saturated carbocycles. The van der Waals surface area contributed by atoms with Gasteiger partial charge in [0.2, 0.25) is 5.78 Å². The van der Waals surface area contributed by atoms with Crippen LogP contribution in [0.3, 0.4) is 0 Å². The van der Waals surface area contributed by atoms with Crippen LogP contribution in [0.5, 0.6) is 0 Å². The normalized spacial score (nSPS) is 9.47. The quantitative estimate of drug-likeness (QED) is 0.340. The number of nitrogens with zero attached hydrogens (tertiary/aromatic N) is 2. The first-order valence-corrected chi connectivity index (χ1v) is 5.36. The zero-order valence-electron chi connectivity index (χ0n) is 10.1. The maximum Gasteiger partial charge on any atom is 0.374 e. The lowest BCUT2D eigenvalue weighted by molar-refractivity contribution is -0.384. The summed E-state index contributed by atoms with van der Waals surface area (Å²) in [6.45, 7) is 1.63. The number of benzene rings is 1. The van der Waals surface area contributed by atoms with Crippen molar-refractivity contribution in [1.29, 1.82) is 5.26 Å². The van der Waals surface area contributed by atoms with Crippen molar-refractivity contribution in [2.45, 2.75) is 13.3 Å². The van der Waals surface area contributed by atoms with Gasteiger partial charge in [-0.2, -0.15) is 5.26 Å². The van der Waals surface area contributed by atoms with E-state index < -0.39 is 16.7 Å². The van der Waals surface area contributed by atoms with Crippen LogP contribution >= 0.6 is 0 Å². The first kappa shape index (κ1) is 14.3. The number of rotatable bonds is 5. The Morgan fingerprint density at radius 2 is 2.11 bits per heavy atom. The fourth-order valence-corrected chi connectivity index (χ4v) is 1.42. The summed E-state index contributed by atoms with van der Waals surface area (Å²) in [4.78, 5) is 32.6. The van der Waals surface area contributed by atoms with E-state index >= 15 is 0 Å². The van der Waals surface area contributed by atoms with Crippen molar-refractivity contribution in [3.05, 3.63) is 39.4 Å². The first-order valence-electron chi connectivity index (χ1n) is 5.36. The number of hydrogen-bond donors (Lipinski definition) is 0. The van der Waals surface area contributed by atoms with E-state index in [4.69, 9.17) is 5.26 Å². The Labute approximate surface area is 108 Å². The molecule has 0 radical (unpaired) electrons. The minimum Gasteiger partial charge on any atom is -0.460 e. The topological polar surface area (TPSA) is 110 Å². The number of ketones is 1. The highest BCUT2D eigenvalue weighted by Gasteiger charge is 2.18. The van der Waals surface area contributed by atoms with Crippen LogP contribution < -0.4 is 0 Å². The van der Waals surface area contributed by atoms with Crippen LogP contribution in [0.15, 0.2) is 18.2 Å². The van der Waals surface area contributed by atoms with E-state index in [1.165, 1.54) is 6.07 Å². The van der Waals surface area contributed by atoms with Gasteiger partial charge >= 0.3 is 5.97 Å². The molecular weight excluding hydrogens is 252 g/mol. The SMILES string of the molecule is CCOC(=O)C(=O)Cc1cc(C#N)cc([N+](=O)[O-])c1. The molecule has 0 aliphatic heterocycles. The van der Waals surface area contributed by atoms with Crippen molar-refractivity contribution in [2.75, 3.05) is 6.61 Å². The van der Waals surface area contributed by atoms with Crippen LogP contribution in [-0.4, -0.2) is 23.3 Å². The number of non-ortho nitro benzene ring substituents is 1. The maximum atomic E-state index is 11.5. The number of esters is 1. The van der Waals surface area contributed by atoms with Gasteiger partial charge < -0.3 is 4.74 Å². The second-order valence-electron chi connectivity index (χ2n) is 3.58. The number of nitro groups is 1. The van der Waals surface area contributed by atoms with Gasteiger partial charge in [0.25, 0.3) is 5.69 Å². The largest absolute Gasteiger partial charge is 0.460 e. The lowest BCUT2D eigenvalue weighted by Crippen LogP contribution is -2.19. The van der Waals surface area contributed by atoms with Crippen LogP contribution in [-0.2, 0) is 20.7 Å². The number of nitriles is 1. The van der Waals surface area contributed by atoms with Crippen LogP contribution in [0.4, 0.5) is 5.69 Å². The molecule has 0 fully saturated rings. The highest BCUT2D eigenvalue weighted by atomic mass is 16.6. The summed E-state index contributed by atoms with van der Waals surface area (Å²) in [7, 11) is 0. The molecule has 0 saturated heterocycles. The molecule has 0 heterocycles. The van der Waals surface area contributed by atoms with Gasteiger partial charge in [0.15, 0.2) is 0 Å². The molecule has 0 unspecified atom stereocenters. The van der Waals surface area contributed by atoms with Gasteiger partial charge in [0.05, 0.1) is 23.2 Å². The molecule has 0 amide bonds. The summed E-state index contributed by atoms with van der Waals surface area (Å²) < 4.78 is 4.52. The molecule has 0 aliphatic carbocycles. The molecule has 0 spiro atoms. The zero-order chi connectivity index (χ0) is 14.4. The lowest BCUT2D eigenvalue weighted by Gasteiger charge is -2.02. The van der Waals surface area contributed by atoms with Gasteiger partial charge in [0.1, 0.15) is 0 Å². The third-order valence-corrected chi connectivity index (χ3v) is 2.19. The van der Waals surface area contributed by atoms with Crippen molar-refractivity contribution in [1.82, 2.24) is 0 Å². The molecule has 0 N–H and O–H groups in total. The summed E-state index contributed by atoms with van der Waals surface area (Å²) in [5, 5.41) is 19.4. The average molecular weight is 262 g/mol. The fraction of sp³-hybridized carbons (Fsp3) is 0.250. The predicted molar refractivity (Wildman–Crippen MR) is 63.2 cm³/mol. The first-order chi connectivity index (χ1) is 8.97. The Morgan fingerprint density at radius 3 is 2.63 bits per heavy atom. The minimum absolute atomic E-state index is 0.0564. The molecular formula is C12H10N2O5. The summed E-state index contributed by atoms with van der Waals surface area (Å²) in [6.07, 6.45) is -0.338. The van der Waals surface area contributed by atoms with Crippen molar-refractivity contribution < 1.29 is 19.2 Å². The molecule has 1 rings (SSSR count). The molecule has 0 atom stereocenters. The maximum absolute atomic E-state index is 11.5. The Morgan fingerprint density at radius 1 is 1.42 bits per heavy atom. The van der Waals surface area contributed by atoms with Crippen molar-refractivity contribution >= 4 is 17.4 Å². The fourth-order valence-electron chi connectivity index (χ4n) is 1.42. The molecule has 98 valence electrons. The van der Waals surface area contributed by atoms with Crippen LogP contribution in [0.2, 0.25) is 0 Å². The third kappa shape index (κ3) is 3.89. The number of ether oxygens (including phenoxy) is 1. The van der Waals surface area contributed by atoms with E-state index in [0.29, 0.717) is 0 Å². The molecule has 0 bridgehead atoms. The smallest absolute Gasteiger partial charge is 0.374 e. The molecule has 19 heavy (non-hydrogen) atoms. The lowest BCUT2D eigenvalue weighted by atomic mass is 10.1. The second-order valence-corrected chi connectivity index (χ2v) is 3.58. The van der Waals surface area contributed by atoms with E-state index in [2.05, 4.69) is 4.74 Å². The van der Waals surface area contributed by atoms with Crippen molar-refractivity contribution in [3.8, 4) is 6.07 Å². The highest BCUT2D eigenvalue weighted by Crippen LogP contribution is 2.17. The monoisotopic (exact) mass is 262 g/mol. The van der Waals surface area contributed by atoms with Crippen LogP contribution in [0.25, 0.3) is 0 Å². The van der Waals surface area contributed by atoms with Gasteiger partial charge in [-0.1, -0.05) is 0 Å². The summed E-state index contributed by atoms with van der Waals surface area (Å²) in [5.41, 5.74) is -0.0182. The summed E-state index contributed by atoms with van der Waals surface area (Å²) >= 11 is 0. The zero-order valence-corrected chi connectivity index (χ0v) is 10.1. The number of nitro benzene ring substituents is 1. The van der Waals surface area contributed by atoms with Crippen molar-refractivity contribution in [3.63, 3.8) is 0 Å².